The summed E-state index contributed by atoms with van der Waals surface area (Å²) in [6.45, 7) is 0. The summed E-state index contributed by atoms with van der Waals surface area (Å²) in [4.78, 5) is 14.0. The Balaban J connectivity index is 1.87. The van der Waals surface area contributed by atoms with E-state index in [1.807, 2.05) is 18.2 Å². The number of ether oxygens (including phenoxy) is 2. The number of carbonyl (C=O) groups is 1. The van der Waals surface area contributed by atoms with Crippen molar-refractivity contribution in [3.05, 3.63) is 46.3 Å². The van der Waals surface area contributed by atoms with Crippen molar-refractivity contribution in [2.75, 3.05) is 0 Å². The number of carbonyl (C=O) groups excluding carboxylic acids is 1. The first-order chi connectivity index (χ1) is 9.70. The third-order valence-electron chi connectivity index (χ3n) is 3.64. The van der Waals surface area contributed by atoms with Gasteiger partial charge in [-0.3, -0.25) is 4.79 Å². The largest absolute Gasteiger partial charge is 0.457 e. The van der Waals surface area contributed by atoms with Gasteiger partial charge in [0.2, 0.25) is 0 Å². The third kappa shape index (κ3) is 2.12. The van der Waals surface area contributed by atoms with Crippen molar-refractivity contribution in [3.8, 4) is 0 Å². The summed E-state index contributed by atoms with van der Waals surface area (Å²) in [7, 11) is 0. The molecule has 7 nitrogen and oxygen atoms in total. The second-order valence-electron chi connectivity index (χ2n) is 4.85. The molecular weight excluding hydrogens is 262 g/mol. The maximum absolute atomic E-state index is 11.2. The second-order valence-corrected chi connectivity index (χ2v) is 4.85. The van der Waals surface area contributed by atoms with Crippen LogP contribution >= 0.6 is 0 Å². The summed E-state index contributed by atoms with van der Waals surface area (Å²) in [5.41, 5.74) is 9.48. The zero-order chi connectivity index (χ0) is 14.1. The molecule has 20 heavy (non-hydrogen) atoms. The number of hydrogen-bond acceptors (Lipinski definition) is 5. The molecule has 1 N–H and O–H groups in total. The Morgan fingerprint density at radius 2 is 2.15 bits per heavy atom. The molecule has 2 fully saturated rings. The lowest BCUT2D eigenvalue weighted by molar-refractivity contribution is -0.145. The van der Waals surface area contributed by atoms with Gasteiger partial charge in [-0.1, -0.05) is 35.4 Å². The first-order valence-corrected chi connectivity index (χ1v) is 6.33. The highest BCUT2D eigenvalue weighted by Crippen LogP contribution is 2.38. The van der Waals surface area contributed by atoms with E-state index < -0.39 is 30.5 Å². The van der Waals surface area contributed by atoms with Crippen molar-refractivity contribution in [3.63, 3.8) is 0 Å². The smallest absolute Gasteiger partial charge is 0.309 e. The van der Waals surface area contributed by atoms with Crippen molar-refractivity contribution in [2.24, 2.45) is 5.11 Å². The lowest BCUT2D eigenvalue weighted by atomic mass is 9.97. The molecule has 0 bridgehead atoms. The highest BCUT2D eigenvalue weighted by molar-refractivity contribution is 5.73. The van der Waals surface area contributed by atoms with Crippen molar-refractivity contribution in [1.29, 1.82) is 0 Å². The Bertz CT molecular complexity index is 558. The molecule has 0 aliphatic carbocycles. The van der Waals surface area contributed by atoms with E-state index in [2.05, 4.69) is 10.0 Å². The number of aliphatic hydroxyl groups excluding tert-OH is 1. The predicted octanol–water partition coefficient (Wildman–Crippen LogP) is 1.48. The van der Waals surface area contributed by atoms with Crippen LogP contribution in [0.3, 0.4) is 0 Å². The molecule has 7 heteroatoms. The molecule has 0 spiro atoms. The summed E-state index contributed by atoms with van der Waals surface area (Å²) in [6, 6.07) is 8.43. The predicted molar refractivity (Wildman–Crippen MR) is 67.5 cm³/mol. The maximum Gasteiger partial charge on any atom is 0.309 e. The molecule has 2 aliphatic rings. The van der Waals surface area contributed by atoms with E-state index in [-0.39, 0.29) is 12.4 Å². The maximum atomic E-state index is 11.2. The summed E-state index contributed by atoms with van der Waals surface area (Å²) < 4.78 is 10.7. The quantitative estimate of drug-likeness (QED) is 0.390. The number of nitrogens with zero attached hydrogens (tertiary/aromatic N) is 3. The third-order valence-corrected chi connectivity index (χ3v) is 3.64. The molecule has 1 unspecified atom stereocenters. The highest BCUT2D eigenvalue weighted by atomic mass is 16.6. The van der Waals surface area contributed by atoms with Crippen LogP contribution in [0.15, 0.2) is 35.4 Å². The molecular formula is C13H13N3O4. The molecule has 0 radical (unpaired) electrons. The number of rotatable bonds is 3. The minimum atomic E-state index is -0.998. The van der Waals surface area contributed by atoms with E-state index >= 15 is 0 Å². The van der Waals surface area contributed by atoms with Crippen molar-refractivity contribution in [1.82, 2.24) is 0 Å². The fourth-order valence-corrected chi connectivity index (χ4v) is 2.73. The molecule has 3 rings (SSSR count). The molecule has 1 aromatic carbocycles. The van der Waals surface area contributed by atoms with Crippen LogP contribution in [0.5, 0.6) is 0 Å². The fraction of sp³-hybridized carbons (Fsp3) is 0.462. The van der Waals surface area contributed by atoms with Gasteiger partial charge in [0.05, 0.1) is 12.5 Å². The van der Waals surface area contributed by atoms with Crippen LogP contribution in [0.4, 0.5) is 0 Å². The summed E-state index contributed by atoms with van der Waals surface area (Å²) in [5, 5.41) is 14.0. The SMILES string of the molecule is [N-]=[N+]=NC(c1ccccc1)[C@H]1O[C@@H]2CC(=O)O[C@@H]2[C@H]1O. The highest BCUT2D eigenvalue weighted by Gasteiger charge is 2.53. The van der Waals surface area contributed by atoms with E-state index in [0.717, 1.165) is 5.56 Å². The van der Waals surface area contributed by atoms with Crippen LogP contribution in [0, 0.1) is 0 Å². The molecule has 2 aliphatic heterocycles. The minimum Gasteiger partial charge on any atom is -0.457 e. The first kappa shape index (κ1) is 12.9. The van der Waals surface area contributed by atoms with Gasteiger partial charge in [-0.05, 0) is 11.1 Å². The van der Waals surface area contributed by atoms with Gasteiger partial charge >= 0.3 is 5.97 Å². The first-order valence-electron chi connectivity index (χ1n) is 6.33. The summed E-state index contributed by atoms with van der Waals surface area (Å²) >= 11 is 0. The van der Waals surface area contributed by atoms with Gasteiger partial charge in [0.25, 0.3) is 0 Å². The fourth-order valence-electron chi connectivity index (χ4n) is 2.73. The van der Waals surface area contributed by atoms with Crippen LogP contribution in [0.2, 0.25) is 0 Å². The number of azide groups is 1. The number of benzene rings is 1. The Morgan fingerprint density at radius 3 is 2.80 bits per heavy atom. The average Bonchev–Trinajstić information content (AvgIpc) is 2.96. The van der Waals surface area contributed by atoms with Gasteiger partial charge in [0.1, 0.15) is 18.3 Å². The number of fused-ring (bicyclic) bond motifs is 1. The van der Waals surface area contributed by atoms with E-state index in [0.29, 0.717) is 0 Å². The minimum absolute atomic E-state index is 0.121. The Kier molecular flexibility index (Phi) is 3.31. The van der Waals surface area contributed by atoms with Gasteiger partial charge < -0.3 is 14.6 Å². The number of aliphatic hydroxyl groups is 1. The topological polar surface area (TPSA) is 105 Å². The molecule has 2 saturated heterocycles. The normalized spacial score (nSPS) is 33.1. The van der Waals surface area contributed by atoms with Crippen molar-refractivity contribution >= 4 is 5.97 Å². The molecule has 0 amide bonds. The van der Waals surface area contributed by atoms with Crippen molar-refractivity contribution in [2.45, 2.75) is 36.9 Å². The molecule has 2 heterocycles. The zero-order valence-corrected chi connectivity index (χ0v) is 10.5. The molecule has 5 atom stereocenters. The van der Waals surface area contributed by atoms with Crippen LogP contribution in [-0.2, 0) is 14.3 Å². The molecule has 0 aromatic heterocycles. The van der Waals surface area contributed by atoms with Gasteiger partial charge in [0, 0.05) is 4.91 Å². The van der Waals surface area contributed by atoms with E-state index in [1.165, 1.54) is 0 Å². The standard InChI is InChI=1S/C13H13N3O4/c14-16-15-10(7-4-2-1-3-5-7)13-11(18)12-8(19-13)6-9(17)20-12/h1-5,8,10-13,18H,6H2/t8-,10?,11-,12+,13-/m1/s1. The van der Waals surface area contributed by atoms with Gasteiger partial charge in [-0.15, -0.1) is 0 Å². The summed E-state index contributed by atoms with van der Waals surface area (Å²) in [6.07, 6.45) is -2.73. The van der Waals surface area contributed by atoms with Crippen molar-refractivity contribution < 1.29 is 19.4 Å². The number of esters is 1. The van der Waals surface area contributed by atoms with Gasteiger partial charge in [0.15, 0.2) is 6.10 Å². The Labute approximate surface area is 114 Å². The van der Waals surface area contributed by atoms with Crippen LogP contribution in [-0.4, -0.2) is 35.5 Å². The van der Waals surface area contributed by atoms with E-state index in [9.17, 15) is 9.90 Å². The van der Waals surface area contributed by atoms with E-state index in [1.54, 1.807) is 12.1 Å². The van der Waals surface area contributed by atoms with Crippen LogP contribution in [0.25, 0.3) is 10.4 Å². The van der Waals surface area contributed by atoms with Crippen LogP contribution in [0.1, 0.15) is 18.0 Å². The molecule has 0 saturated carbocycles. The second kappa shape index (κ2) is 5.13. The monoisotopic (exact) mass is 275 g/mol. The lowest BCUT2D eigenvalue weighted by Crippen LogP contribution is -2.35. The molecule has 1 aromatic rings. The van der Waals surface area contributed by atoms with Gasteiger partial charge in [-0.2, -0.15) is 0 Å². The van der Waals surface area contributed by atoms with Gasteiger partial charge in [-0.25, -0.2) is 0 Å². The summed E-state index contributed by atoms with van der Waals surface area (Å²) in [5.74, 6) is -0.377. The average molecular weight is 275 g/mol. The molecule has 104 valence electrons. The zero-order valence-electron chi connectivity index (χ0n) is 10.5. The van der Waals surface area contributed by atoms with Crippen LogP contribution < -0.4 is 0 Å². The Morgan fingerprint density at radius 1 is 1.40 bits per heavy atom. The number of hydrogen-bond donors (Lipinski definition) is 1. The van der Waals surface area contributed by atoms with E-state index in [4.69, 9.17) is 15.0 Å². The Hall–Kier alpha value is -2.08. The lowest BCUT2D eigenvalue weighted by Gasteiger charge is -2.23.